The smallest absolute Gasteiger partial charge is 0.157 e. The first-order valence-electron chi connectivity index (χ1n) is 9.00. The molecule has 1 aliphatic rings. The van der Waals surface area contributed by atoms with E-state index in [9.17, 15) is 0 Å². The van der Waals surface area contributed by atoms with Crippen LogP contribution in [0.5, 0.6) is 0 Å². The summed E-state index contributed by atoms with van der Waals surface area (Å²) < 4.78 is 7.92. The molecule has 2 aromatic heterocycles. The van der Waals surface area contributed by atoms with E-state index in [1.54, 1.807) is 0 Å². The molecule has 1 N–H and O–H groups in total. The molecule has 0 aliphatic carbocycles. The van der Waals surface area contributed by atoms with Crippen molar-refractivity contribution in [3.8, 4) is 0 Å². The lowest BCUT2D eigenvalue weighted by Gasteiger charge is -2.31. The number of fused-ring (bicyclic) bond motifs is 1. The van der Waals surface area contributed by atoms with Crippen molar-refractivity contribution in [2.24, 2.45) is 11.3 Å². The largest absolute Gasteiger partial charge is 0.377 e. The lowest BCUT2D eigenvalue weighted by molar-refractivity contribution is 0.00721. The van der Waals surface area contributed by atoms with E-state index in [-0.39, 0.29) is 5.41 Å². The summed E-state index contributed by atoms with van der Waals surface area (Å²) in [6.07, 6.45) is 5.36. The molecule has 132 valence electrons. The van der Waals surface area contributed by atoms with Crippen LogP contribution in [0.1, 0.15) is 52.6 Å². The molecule has 0 saturated carbocycles. The van der Waals surface area contributed by atoms with Crippen LogP contribution in [0.15, 0.2) is 18.5 Å². The van der Waals surface area contributed by atoms with E-state index in [0.717, 1.165) is 37.2 Å². The summed E-state index contributed by atoms with van der Waals surface area (Å²) in [5.74, 6) is 0.588. The summed E-state index contributed by atoms with van der Waals surface area (Å²) in [6, 6.07) is 2.52. The van der Waals surface area contributed by atoms with E-state index in [0.29, 0.717) is 18.1 Å². The number of pyridine rings is 1. The van der Waals surface area contributed by atoms with Gasteiger partial charge in [0.05, 0.1) is 12.3 Å². The second kappa shape index (κ2) is 6.81. The molecule has 0 amide bonds. The lowest BCUT2D eigenvalue weighted by atomic mass is 9.81. The fourth-order valence-corrected chi connectivity index (χ4v) is 3.66. The molecule has 2 atom stereocenters. The maximum Gasteiger partial charge on any atom is 0.157 e. The molecule has 24 heavy (non-hydrogen) atoms. The van der Waals surface area contributed by atoms with Crippen LogP contribution in [-0.4, -0.2) is 34.0 Å². The van der Waals surface area contributed by atoms with Gasteiger partial charge in [-0.3, -0.25) is 0 Å². The van der Waals surface area contributed by atoms with Gasteiger partial charge in [0.2, 0.25) is 0 Å². The fourth-order valence-electron chi connectivity index (χ4n) is 3.66. The third-order valence-electron chi connectivity index (χ3n) is 4.78. The number of aromatic nitrogens is 3. The molecule has 1 fully saturated rings. The first-order valence-corrected chi connectivity index (χ1v) is 9.00. The summed E-state index contributed by atoms with van der Waals surface area (Å²) in [6.45, 7) is 13.8. The highest BCUT2D eigenvalue weighted by molar-refractivity contribution is 5.75. The highest BCUT2D eigenvalue weighted by Gasteiger charge is 2.36. The van der Waals surface area contributed by atoms with Crippen LogP contribution >= 0.6 is 0 Å². The average Bonchev–Trinajstić information content (AvgIpc) is 3.12. The maximum atomic E-state index is 5.95. The van der Waals surface area contributed by atoms with Gasteiger partial charge in [0.15, 0.2) is 5.65 Å². The first-order chi connectivity index (χ1) is 11.4. The van der Waals surface area contributed by atoms with Crippen LogP contribution in [0.3, 0.4) is 0 Å². The van der Waals surface area contributed by atoms with E-state index in [2.05, 4.69) is 56.1 Å². The molecule has 0 unspecified atom stereocenters. The van der Waals surface area contributed by atoms with Crippen LogP contribution in [0.4, 0.5) is 0 Å². The molecular weight excluding hydrogens is 300 g/mol. The fraction of sp³-hybridized carbons (Fsp3) is 0.684. The second-order valence-corrected chi connectivity index (χ2v) is 8.28. The van der Waals surface area contributed by atoms with Gasteiger partial charge in [-0.25, -0.2) is 9.67 Å². The van der Waals surface area contributed by atoms with Gasteiger partial charge >= 0.3 is 0 Å². The molecule has 2 aromatic rings. The van der Waals surface area contributed by atoms with E-state index >= 15 is 0 Å². The number of nitrogens with one attached hydrogen (secondary N) is 1. The van der Waals surface area contributed by atoms with Gasteiger partial charge in [-0.2, -0.15) is 5.10 Å². The van der Waals surface area contributed by atoms with Crippen molar-refractivity contribution in [3.63, 3.8) is 0 Å². The lowest BCUT2D eigenvalue weighted by Crippen LogP contribution is -2.36. The molecule has 0 bridgehead atoms. The van der Waals surface area contributed by atoms with Crippen LogP contribution in [0, 0.1) is 11.3 Å². The molecule has 0 spiro atoms. The number of nitrogens with zero attached hydrogens (tertiary/aromatic N) is 3. The molecule has 5 nitrogen and oxygen atoms in total. The third kappa shape index (κ3) is 3.62. The zero-order chi connectivity index (χ0) is 17.3. The average molecular weight is 330 g/mol. The van der Waals surface area contributed by atoms with Crippen molar-refractivity contribution in [1.29, 1.82) is 0 Å². The minimum Gasteiger partial charge on any atom is -0.377 e. The van der Waals surface area contributed by atoms with Gasteiger partial charge in [-0.15, -0.1) is 0 Å². The molecule has 3 heterocycles. The van der Waals surface area contributed by atoms with Gasteiger partial charge in [-0.1, -0.05) is 20.8 Å². The second-order valence-electron chi connectivity index (χ2n) is 8.28. The minimum absolute atomic E-state index is 0.203. The first kappa shape index (κ1) is 17.4. The normalized spacial score (nSPS) is 21.9. The number of ether oxygens (including phenoxy) is 1. The van der Waals surface area contributed by atoms with Crippen LogP contribution < -0.4 is 5.32 Å². The Morgan fingerprint density at radius 3 is 2.83 bits per heavy atom. The predicted molar refractivity (Wildman–Crippen MR) is 96.9 cm³/mol. The molecule has 0 aromatic carbocycles. The maximum absolute atomic E-state index is 5.95. The molecule has 0 radical (unpaired) electrons. The van der Waals surface area contributed by atoms with Crippen molar-refractivity contribution >= 4 is 11.0 Å². The summed E-state index contributed by atoms with van der Waals surface area (Å²) in [4.78, 5) is 4.60. The summed E-state index contributed by atoms with van der Waals surface area (Å²) >= 11 is 0. The van der Waals surface area contributed by atoms with Crippen molar-refractivity contribution in [1.82, 2.24) is 20.1 Å². The highest BCUT2D eigenvalue weighted by atomic mass is 16.5. The standard InChI is InChI=1S/C19H30N4O/c1-13(2)23-18-16(12-22-23)8-14(10-21-18)9-20-11-15-6-7-24-17(15)19(3,4)5/h8,10,12-13,15,17,20H,6-7,9,11H2,1-5H3/t15-,17+/m1/s1. The van der Waals surface area contributed by atoms with E-state index in [4.69, 9.17) is 4.74 Å². The Kier molecular flexibility index (Phi) is 4.92. The monoisotopic (exact) mass is 330 g/mol. The highest BCUT2D eigenvalue weighted by Crippen LogP contribution is 2.34. The molecular formula is C19H30N4O. The van der Waals surface area contributed by atoms with Crippen LogP contribution in [0.2, 0.25) is 0 Å². The molecule has 5 heteroatoms. The van der Waals surface area contributed by atoms with Gasteiger partial charge in [0, 0.05) is 43.2 Å². The SMILES string of the molecule is CC(C)n1ncc2cc(CNC[C@H]3CCO[C@@H]3C(C)(C)C)cnc21. The van der Waals surface area contributed by atoms with Gasteiger partial charge in [-0.05, 0) is 37.3 Å². The molecule has 3 rings (SSSR count). The summed E-state index contributed by atoms with van der Waals surface area (Å²) in [7, 11) is 0. The van der Waals surface area contributed by atoms with Crippen molar-refractivity contribution < 1.29 is 4.74 Å². The Balaban J connectivity index is 1.60. The van der Waals surface area contributed by atoms with E-state index in [1.807, 2.05) is 17.1 Å². The van der Waals surface area contributed by atoms with Crippen molar-refractivity contribution in [2.75, 3.05) is 13.2 Å². The minimum atomic E-state index is 0.203. The molecule has 1 aliphatic heterocycles. The topological polar surface area (TPSA) is 52.0 Å². The molecule has 1 saturated heterocycles. The van der Waals surface area contributed by atoms with Gasteiger partial charge in [0.1, 0.15) is 0 Å². The zero-order valence-electron chi connectivity index (χ0n) is 15.5. The van der Waals surface area contributed by atoms with Crippen LogP contribution in [0.25, 0.3) is 11.0 Å². The van der Waals surface area contributed by atoms with E-state index < -0.39 is 0 Å². The Morgan fingerprint density at radius 1 is 1.33 bits per heavy atom. The zero-order valence-corrected chi connectivity index (χ0v) is 15.5. The Hall–Kier alpha value is -1.46. The van der Waals surface area contributed by atoms with Gasteiger partial charge < -0.3 is 10.1 Å². The predicted octanol–water partition coefficient (Wildman–Crippen LogP) is 3.55. The third-order valence-corrected chi connectivity index (χ3v) is 4.78. The number of hydrogen-bond donors (Lipinski definition) is 1. The Labute approximate surface area is 144 Å². The number of hydrogen-bond acceptors (Lipinski definition) is 4. The summed E-state index contributed by atoms with van der Waals surface area (Å²) in [5.41, 5.74) is 2.37. The quantitative estimate of drug-likeness (QED) is 0.911. The summed E-state index contributed by atoms with van der Waals surface area (Å²) in [5, 5.41) is 9.14. The number of rotatable bonds is 5. The Bertz CT molecular complexity index is 686. The van der Waals surface area contributed by atoms with Crippen LogP contribution in [-0.2, 0) is 11.3 Å². The van der Waals surface area contributed by atoms with E-state index in [1.165, 1.54) is 5.56 Å². The van der Waals surface area contributed by atoms with Crippen molar-refractivity contribution in [3.05, 3.63) is 24.0 Å². The van der Waals surface area contributed by atoms with Crippen molar-refractivity contribution in [2.45, 2.75) is 59.7 Å². The van der Waals surface area contributed by atoms with Gasteiger partial charge in [0.25, 0.3) is 0 Å². The Morgan fingerprint density at radius 2 is 2.12 bits per heavy atom.